The summed E-state index contributed by atoms with van der Waals surface area (Å²) in [7, 11) is 1.33. The fourth-order valence-corrected chi connectivity index (χ4v) is 3.01. The van der Waals surface area contributed by atoms with Crippen LogP contribution in [0.15, 0.2) is 48.5 Å². The van der Waals surface area contributed by atoms with E-state index in [4.69, 9.17) is 25.8 Å². The highest BCUT2D eigenvalue weighted by molar-refractivity contribution is 6.31. The number of rotatable bonds is 4. The summed E-state index contributed by atoms with van der Waals surface area (Å²) in [5.41, 5.74) is 2.73. The lowest BCUT2D eigenvalue weighted by Gasteiger charge is -2.09. The number of fused-ring (bicyclic) bond motifs is 1. The zero-order valence-corrected chi connectivity index (χ0v) is 14.7. The largest absolute Gasteiger partial charge is 0.464 e. The number of carbonyl (C=O) groups is 1. The Morgan fingerprint density at radius 3 is 2.81 bits per heavy atom. The van der Waals surface area contributed by atoms with Crippen LogP contribution in [0.2, 0.25) is 5.02 Å². The molecule has 0 unspecified atom stereocenters. The maximum absolute atomic E-state index is 11.9. The van der Waals surface area contributed by atoms with E-state index in [0.717, 1.165) is 16.8 Å². The molecule has 4 rings (SSSR count). The van der Waals surface area contributed by atoms with E-state index in [-0.39, 0.29) is 12.5 Å². The first-order chi connectivity index (χ1) is 12.7. The van der Waals surface area contributed by atoms with Gasteiger partial charge in [-0.05, 0) is 35.9 Å². The van der Waals surface area contributed by atoms with Crippen molar-refractivity contribution < 1.29 is 19.0 Å². The van der Waals surface area contributed by atoms with Gasteiger partial charge in [-0.25, -0.2) is 4.79 Å². The van der Waals surface area contributed by atoms with Crippen molar-refractivity contribution in [2.45, 2.75) is 6.54 Å². The molecule has 0 bridgehead atoms. The first-order valence-corrected chi connectivity index (χ1v) is 8.33. The van der Waals surface area contributed by atoms with Crippen molar-refractivity contribution in [3.63, 3.8) is 0 Å². The smallest absolute Gasteiger partial charge is 0.358 e. The highest BCUT2D eigenvalue weighted by Gasteiger charge is 2.20. The fraction of sp³-hybridized carbons (Fsp3) is 0.158. The third-order valence-corrected chi connectivity index (χ3v) is 4.49. The summed E-state index contributed by atoms with van der Waals surface area (Å²) in [6.07, 6.45) is 0. The maximum Gasteiger partial charge on any atom is 0.358 e. The van der Waals surface area contributed by atoms with Crippen molar-refractivity contribution in [1.82, 2.24) is 9.78 Å². The van der Waals surface area contributed by atoms with Gasteiger partial charge in [0.15, 0.2) is 17.2 Å². The summed E-state index contributed by atoms with van der Waals surface area (Å²) in [5, 5.41) is 5.04. The highest BCUT2D eigenvalue weighted by atomic mass is 35.5. The molecule has 0 spiro atoms. The van der Waals surface area contributed by atoms with Crippen LogP contribution in [-0.2, 0) is 11.3 Å². The zero-order chi connectivity index (χ0) is 18.1. The summed E-state index contributed by atoms with van der Waals surface area (Å²) in [6, 6.07) is 14.8. The van der Waals surface area contributed by atoms with Crippen LogP contribution in [-0.4, -0.2) is 29.7 Å². The zero-order valence-electron chi connectivity index (χ0n) is 13.9. The SMILES string of the molecule is COC(=O)c1cc(-c2ccc3c(c2)OCO3)n(Cc2ccccc2Cl)n1. The van der Waals surface area contributed by atoms with Crippen molar-refractivity contribution in [3.05, 3.63) is 64.8 Å². The number of methoxy groups -OCH3 is 1. The Bertz CT molecular complexity index is 983. The summed E-state index contributed by atoms with van der Waals surface area (Å²) >= 11 is 6.28. The lowest BCUT2D eigenvalue weighted by Crippen LogP contribution is -2.07. The number of benzene rings is 2. The summed E-state index contributed by atoms with van der Waals surface area (Å²) in [4.78, 5) is 11.9. The Hall–Kier alpha value is -2.99. The summed E-state index contributed by atoms with van der Waals surface area (Å²) in [6.45, 7) is 0.617. The Labute approximate surface area is 154 Å². The van der Waals surface area contributed by atoms with Crippen molar-refractivity contribution in [1.29, 1.82) is 0 Å². The van der Waals surface area contributed by atoms with Gasteiger partial charge in [0.25, 0.3) is 0 Å². The topological polar surface area (TPSA) is 62.6 Å². The lowest BCUT2D eigenvalue weighted by atomic mass is 10.1. The fourth-order valence-electron chi connectivity index (χ4n) is 2.82. The number of halogens is 1. The van der Waals surface area contributed by atoms with E-state index in [9.17, 15) is 4.79 Å². The maximum atomic E-state index is 11.9. The van der Waals surface area contributed by atoms with E-state index in [1.165, 1.54) is 7.11 Å². The van der Waals surface area contributed by atoms with Gasteiger partial charge >= 0.3 is 5.97 Å². The minimum Gasteiger partial charge on any atom is -0.464 e. The predicted molar refractivity (Wildman–Crippen MR) is 95.7 cm³/mol. The molecule has 0 saturated heterocycles. The number of carbonyl (C=O) groups excluding carboxylic acids is 1. The van der Waals surface area contributed by atoms with Crippen LogP contribution < -0.4 is 9.47 Å². The number of aromatic nitrogens is 2. The average Bonchev–Trinajstić information content (AvgIpc) is 3.29. The van der Waals surface area contributed by atoms with Gasteiger partial charge < -0.3 is 14.2 Å². The molecule has 1 aliphatic rings. The van der Waals surface area contributed by atoms with Crippen LogP contribution in [0.25, 0.3) is 11.3 Å². The lowest BCUT2D eigenvalue weighted by molar-refractivity contribution is 0.0593. The molecule has 2 aromatic carbocycles. The number of hydrogen-bond acceptors (Lipinski definition) is 5. The van der Waals surface area contributed by atoms with Crippen molar-refractivity contribution in [2.75, 3.05) is 13.9 Å². The van der Waals surface area contributed by atoms with Crippen LogP contribution in [0.4, 0.5) is 0 Å². The van der Waals surface area contributed by atoms with Crippen molar-refractivity contribution in [3.8, 4) is 22.8 Å². The van der Waals surface area contributed by atoms with Crippen LogP contribution in [0.3, 0.4) is 0 Å². The average molecular weight is 371 g/mol. The standard InChI is InChI=1S/C19H15ClN2O4/c1-24-19(23)15-9-16(12-6-7-17-18(8-12)26-11-25-17)22(21-15)10-13-4-2-3-5-14(13)20/h2-9H,10-11H2,1H3. The highest BCUT2D eigenvalue weighted by Crippen LogP contribution is 2.36. The first kappa shape index (κ1) is 16.5. The van der Waals surface area contributed by atoms with Gasteiger partial charge in [-0.15, -0.1) is 0 Å². The Balaban J connectivity index is 1.78. The Morgan fingerprint density at radius 1 is 1.19 bits per heavy atom. The second-order valence-corrected chi connectivity index (χ2v) is 6.13. The van der Waals surface area contributed by atoms with Gasteiger partial charge in [0, 0.05) is 10.6 Å². The number of esters is 1. The second kappa shape index (κ2) is 6.72. The molecule has 6 nitrogen and oxygen atoms in total. The minimum atomic E-state index is -0.495. The summed E-state index contributed by atoms with van der Waals surface area (Å²) in [5.74, 6) is 0.858. The van der Waals surface area contributed by atoms with Gasteiger partial charge in [0.2, 0.25) is 6.79 Å². The monoisotopic (exact) mass is 370 g/mol. The number of hydrogen-bond donors (Lipinski definition) is 0. The summed E-state index contributed by atoms with van der Waals surface area (Å²) < 4.78 is 17.3. The molecule has 26 heavy (non-hydrogen) atoms. The third kappa shape index (κ3) is 2.99. The van der Waals surface area contributed by atoms with E-state index in [1.54, 1.807) is 10.7 Å². The Morgan fingerprint density at radius 2 is 2.00 bits per heavy atom. The van der Waals surface area contributed by atoms with Gasteiger partial charge in [-0.3, -0.25) is 4.68 Å². The molecule has 1 aromatic heterocycles. The third-order valence-electron chi connectivity index (χ3n) is 4.12. The molecule has 0 saturated carbocycles. The second-order valence-electron chi connectivity index (χ2n) is 5.72. The van der Waals surface area contributed by atoms with Gasteiger partial charge in [-0.1, -0.05) is 29.8 Å². The molecule has 0 radical (unpaired) electrons. The van der Waals surface area contributed by atoms with Gasteiger partial charge in [0.1, 0.15) is 0 Å². The molecule has 2 heterocycles. The van der Waals surface area contributed by atoms with E-state index in [2.05, 4.69) is 5.10 Å². The molecule has 0 atom stereocenters. The molecule has 0 N–H and O–H groups in total. The molecule has 7 heteroatoms. The minimum absolute atomic E-state index is 0.199. The first-order valence-electron chi connectivity index (χ1n) is 7.95. The van der Waals surface area contributed by atoms with Crippen LogP contribution in [0, 0.1) is 0 Å². The molecule has 0 fully saturated rings. The van der Waals surface area contributed by atoms with Crippen LogP contribution in [0.1, 0.15) is 16.1 Å². The van der Waals surface area contributed by atoms with E-state index in [1.807, 2.05) is 42.5 Å². The van der Waals surface area contributed by atoms with Crippen LogP contribution >= 0.6 is 11.6 Å². The van der Waals surface area contributed by atoms with Crippen molar-refractivity contribution >= 4 is 17.6 Å². The number of nitrogens with zero attached hydrogens (tertiary/aromatic N) is 2. The van der Waals surface area contributed by atoms with Crippen molar-refractivity contribution in [2.24, 2.45) is 0 Å². The van der Waals surface area contributed by atoms with Crippen LogP contribution in [0.5, 0.6) is 11.5 Å². The Kier molecular flexibility index (Phi) is 4.26. The quantitative estimate of drug-likeness (QED) is 0.654. The molecular weight excluding hydrogens is 356 g/mol. The number of ether oxygens (including phenoxy) is 3. The molecular formula is C19H15ClN2O4. The molecule has 1 aliphatic heterocycles. The molecule has 132 valence electrons. The molecule has 3 aromatic rings. The normalized spacial score (nSPS) is 12.2. The van der Waals surface area contributed by atoms with E-state index >= 15 is 0 Å². The van der Waals surface area contributed by atoms with E-state index < -0.39 is 5.97 Å². The van der Waals surface area contributed by atoms with Gasteiger partial charge in [0.05, 0.1) is 19.3 Å². The molecule has 0 amide bonds. The van der Waals surface area contributed by atoms with Gasteiger partial charge in [-0.2, -0.15) is 5.10 Å². The molecule has 0 aliphatic carbocycles. The predicted octanol–water partition coefficient (Wildman–Crippen LogP) is 3.77. The van der Waals surface area contributed by atoms with E-state index in [0.29, 0.717) is 23.1 Å².